The molecule has 0 saturated carbocycles. The van der Waals surface area contributed by atoms with Gasteiger partial charge in [-0.15, -0.1) is 0 Å². The first-order valence-corrected chi connectivity index (χ1v) is 10.8. The minimum absolute atomic E-state index is 0.0468. The monoisotopic (exact) mass is 419 g/mol. The van der Waals surface area contributed by atoms with E-state index in [9.17, 15) is 14.4 Å². The van der Waals surface area contributed by atoms with Gasteiger partial charge >= 0.3 is 5.97 Å². The number of amides is 1. The zero-order chi connectivity index (χ0) is 21.6. The van der Waals surface area contributed by atoms with Crippen LogP contribution in [0.2, 0.25) is 0 Å². The van der Waals surface area contributed by atoms with Gasteiger partial charge in [-0.05, 0) is 31.4 Å². The number of para-hydroxylation sites is 1. The molecule has 0 aliphatic heterocycles. The maximum Gasteiger partial charge on any atom is 0.328 e. The fourth-order valence-corrected chi connectivity index (χ4v) is 3.85. The van der Waals surface area contributed by atoms with Gasteiger partial charge in [-0.3, -0.25) is 14.2 Å². The number of aromatic nitrogens is 2. The molecule has 0 fully saturated rings. The number of carbonyl (C=O) groups excluding carboxylic acids is 2. The molecule has 0 radical (unpaired) electrons. The lowest BCUT2D eigenvalue weighted by Crippen LogP contribution is -2.46. The number of carbonyl (C=O) groups is 2. The van der Waals surface area contributed by atoms with E-state index in [1.54, 1.807) is 16.7 Å². The highest BCUT2D eigenvalue weighted by Crippen LogP contribution is 2.22. The molecule has 1 aromatic heterocycles. The molecule has 0 aliphatic carbocycles. The third-order valence-electron chi connectivity index (χ3n) is 5.12. The maximum absolute atomic E-state index is 13.0. The Morgan fingerprint density at radius 3 is 2.52 bits per heavy atom. The quantitative estimate of drug-likeness (QED) is 0.381. The van der Waals surface area contributed by atoms with Gasteiger partial charge in [0.05, 0.1) is 23.8 Å². The van der Waals surface area contributed by atoms with Crippen LogP contribution in [0, 0.1) is 5.92 Å². The second-order valence-electron chi connectivity index (χ2n) is 7.09. The molecule has 1 N–H and O–H groups in total. The Labute approximate surface area is 175 Å². The Morgan fingerprint density at radius 2 is 1.90 bits per heavy atom. The fraction of sp³-hybridized carbons (Fsp3) is 0.524. The van der Waals surface area contributed by atoms with E-state index in [1.807, 2.05) is 39.8 Å². The summed E-state index contributed by atoms with van der Waals surface area (Å²) in [6, 6.07) is 6.45. The van der Waals surface area contributed by atoms with Crippen LogP contribution in [0.5, 0.6) is 0 Å². The number of nitrogens with one attached hydrogen (secondary N) is 1. The summed E-state index contributed by atoms with van der Waals surface area (Å²) in [5, 5.41) is 3.81. The average molecular weight is 420 g/mol. The minimum Gasteiger partial charge on any atom is -0.467 e. The topological polar surface area (TPSA) is 90.3 Å². The van der Waals surface area contributed by atoms with Crippen LogP contribution in [0.15, 0.2) is 34.2 Å². The normalized spacial score (nSPS) is 14.2. The van der Waals surface area contributed by atoms with Crippen molar-refractivity contribution < 1.29 is 14.3 Å². The third-order valence-corrected chi connectivity index (χ3v) is 6.08. The van der Waals surface area contributed by atoms with E-state index in [-0.39, 0.29) is 29.2 Å². The van der Waals surface area contributed by atoms with Crippen LogP contribution in [0.1, 0.15) is 46.6 Å². The second kappa shape index (κ2) is 10.4. The molecule has 0 saturated heterocycles. The first-order valence-electron chi connectivity index (χ1n) is 9.85. The standard InChI is InChI=1S/C21H29N3O4S/c1-6-13(3)18(20(27)28-5)23-17(25)12-29-21-22-16-11-9-8-10-15(16)19(26)24(21)14(4)7-2/h8-11,13-14,18H,6-7,12H2,1-5H3,(H,23,25)/t13-,14+,18-/m1/s1. The van der Waals surface area contributed by atoms with E-state index in [2.05, 4.69) is 10.3 Å². The Hall–Kier alpha value is -2.35. The van der Waals surface area contributed by atoms with Crippen LogP contribution >= 0.6 is 11.8 Å². The van der Waals surface area contributed by atoms with Crippen LogP contribution in [0.25, 0.3) is 10.9 Å². The van der Waals surface area contributed by atoms with Gasteiger partial charge in [0.25, 0.3) is 5.56 Å². The molecule has 158 valence electrons. The summed E-state index contributed by atoms with van der Waals surface area (Å²) in [6.45, 7) is 7.80. The summed E-state index contributed by atoms with van der Waals surface area (Å²) >= 11 is 1.20. The maximum atomic E-state index is 13.0. The van der Waals surface area contributed by atoms with Crippen molar-refractivity contribution in [2.75, 3.05) is 12.9 Å². The molecule has 0 bridgehead atoms. The smallest absolute Gasteiger partial charge is 0.328 e. The molecule has 0 aliphatic rings. The number of hydrogen-bond donors (Lipinski definition) is 1. The van der Waals surface area contributed by atoms with Crippen LogP contribution in [0.4, 0.5) is 0 Å². The number of thioether (sulfide) groups is 1. The minimum atomic E-state index is -0.695. The van der Waals surface area contributed by atoms with Crippen molar-refractivity contribution in [3.63, 3.8) is 0 Å². The van der Waals surface area contributed by atoms with Gasteiger partial charge in [0.2, 0.25) is 5.91 Å². The Bertz CT molecular complexity index is 928. The molecule has 1 aromatic carbocycles. The molecular formula is C21H29N3O4S. The van der Waals surface area contributed by atoms with E-state index >= 15 is 0 Å². The van der Waals surface area contributed by atoms with Crippen molar-refractivity contribution in [1.29, 1.82) is 0 Å². The molecule has 8 heteroatoms. The van der Waals surface area contributed by atoms with Crippen LogP contribution in [-0.2, 0) is 14.3 Å². The molecule has 2 aromatic rings. The first kappa shape index (κ1) is 22.9. The zero-order valence-corrected chi connectivity index (χ0v) is 18.4. The van der Waals surface area contributed by atoms with Crippen LogP contribution < -0.4 is 10.9 Å². The predicted octanol–water partition coefficient (Wildman–Crippen LogP) is 3.16. The van der Waals surface area contributed by atoms with Gasteiger partial charge in [0.15, 0.2) is 5.16 Å². The predicted molar refractivity (Wildman–Crippen MR) is 115 cm³/mol. The lowest BCUT2D eigenvalue weighted by molar-refractivity contribution is -0.146. The van der Waals surface area contributed by atoms with Crippen molar-refractivity contribution in [2.45, 2.75) is 57.8 Å². The molecule has 3 atom stereocenters. The lowest BCUT2D eigenvalue weighted by atomic mass is 9.99. The van der Waals surface area contributed by atoms with Gasteiger partial charge in [0.1, 0.15) is 6.04 Å². The second-order valence-corrected chi connectivity index (χ2v) is 8.03. The molecule has 29 heavy (non-hydrogen) atoms. The van der Waals surface area contributed by atoms with Crippen molar-refractivity contribution in [1.82, 2.24) is 14.9 Å². The van der Waals surface area contributed by atoms with Crippen LogP contribution in [-0.4, -0.2) is 40.3 Å². The van der Waals surface area contributed by atoms with Gasteiger partial charge in [-0.25, -0.2) is 9.78 Å². The van der Waals surface area contributed by atoms with Gasteiger partial charge in [0, 0.05) is 6.04 Å². The molecule has 7 nitrogen and oxygen atoms in total. The molecular weight excluding hydrogens is 390 g/mol. The largest absolute Gasteiger partial charge is 0.467 e. The highest BCUT2D eigenvalue weighted by Gasteiger charge is 2.27. The highest BCUT2D eigenvalue weighted by molar-refractivity contribution is 7.99. The number of ether oxygens (including phenoxy) is 1. The number of fused-ring (bicyclic) bond motifs is 1. The third kappa shape index (κ3) is 5.38. The summed E-state index contributed by atoms with van der Waals surface area (Å²) in [7, 11) is 1.31. The van der Waals surface area contributed by atoms with E-state index in [0.717, 1.165) is 12.8 Å². The van der Waals surface area contributed by atoms with Crippen molar-refractivity contribution in [3.05, 3.63) is 34.6 Å². The van der Waals surface area contributed by atoms with Gasteiger partial charge in [-0.2, -0.15) is 0 Å². The SMILES string of the molecule is CC[C@@H](C)[C@@H](NC(=O)CSc1nc2ccccc2c(=O)n1[C@@H](C)CC)C(=O)OC. The van der Waals surface area contributed by atoms with E-state index < -0.39 is 12.0 Å². The van der Waals surface area contributed by atoms with Gasteiger partial charge in [-0.1, -0.05) is 51.1 Å². The van der Waals surface area contributed by atoms with E-state index in [4.69, 9.17) is 4.74 Å². The number of esters is 1. The van der Waals surface area contributed by atoms with Crippen molar-refractivity contribution in [2.24, 2.45) is 5.92 Å². The Balaban J connectivity index is 2.26. The lowest BCUT2D eigenvalue weighted by Gasteiger charge is -2.22. The highest BCUT2D eigenvalue weighted by atomic mass is 32.2. The van der Waals surface area contributed by atoms with Crippen LogP contribution in [0.3, 0.4) is 0 Å². The van der Waals surface area contributed by atoms with Gasteiger partial charge < -0.3 is 10.1 Å². The van der Waals surface area contributed by atoms with E-state index in [1.165, 1.54) is 18.9 Å². The summed E-state index contributed by atoms with van der Waals surface area (Å²) < 4.78 is 6.46. The number of benzene rings is 1. The van der Waals surface area contributed by atoms with Crippen molar-refractivity contribution >= 4 is 34.5 Å². The first-order chi connectivity index (χ1) is 13.8. The molecule has 1 amide bonds. The number of hydrogen-bond acceptors (Lipinski definition) is 6. The Morgan fingerprint density at radius 1 is 1.21 bits per heavy atom. The molecule has 0 unspecified atom stereocenters. The van der Waals surface area contributed by atoms with E-state index in [0.29, 0.717) is 16.1 Å². The summed E-state index contributed by atoms with van der Waals surface area (Å²) in [5.41, 5.74) is 0.493. The molecule has 2 rings (SSSR count). The zero-order valence-electron chi connectivity index (χ0n) is 17.6. The molecule has 1 heterocycles. The number of nitrogens with zero attached hydrogens (tertiary/aromatic N) is 2. The summed E-state index contributed by atoms with van der Waals surface area (Å²) in [4.78, 5) is 42.1. The average Bonchev–Trinajstić information content (AvgIpc) is 2.74. The summed E-state index contributed by atoms with van der Waals surface area (Å²) in [6.07, 6.45) is 1.49. The Kier molecular flexibility index (Phi) is 8.25. The fourth-order valence-electron chi connectivity index (χ4n) is 2.94. The van der Waals surface area contributed by atoms with Crippen molar-refractivity contribution in [3.8, 4) is 0 Å². The number of methoxy groups -OCH3 is 1. The number of rotatable bonds is 9. The molecule has 0 spiro atoms. The summed E-state index contributed by atoms with van der Waals surface area (Å²) in [5.74, 6) is -0.763.